The van der Waals surface area contributed by atoms with E-state index in [-0.39, 0.29) is 11.8 Å². The van der Waals surface area contributed by atoms with Crippen molar-refractivity contribution in [3.05, 3.63) is 47.5 Å². The third-order valence-corrected chi connectivity index (χ3v) is 3.79. The molecule has 0 aliphatic heterocycles. The van der Waals surface area contributed by atoms with Crippen molar-refractivity contribution >= 4 is 22.7 Å². The van der Waals surface area contributed by atoms with Crippen LogP contribution >= 0.6 is 0 Å². The average molecular weight is 308 g/mol. The molecule has 0 saturated heterocycles. The van der Waals surface area contributed by atoms with Gasteiger partial charge in [0.05, 0.1) is 0 Å². The summed E-state index contributed by atoms with van der Waals surface area (Å²) in [5.41, 5.74) is 5.51. The van der Waals surface area contributed by atoms with E-state index in [4.69, 9.17) is 4.42 Å². The van der Waals surface area contributed by atoms with Crippen LogP contribution in [0.25, 0.3) is 22.6 Å². The molecule has 1 amide bonds. The number of rotatable bonds is 3. The van der Waals surface area contributed by atoms with Crippen molar-refractivity contribution in [2.24, 2.45) is 5.92 Å². The van der Waals surface area contributed by atoms with Crippen molar-refractivity contribution < 1.29 is 9.21 Å². The highest BCUT2D eigenvalue weighted by Crippen LogP contribution is 2.28. The molecule has 1 aromatic heterocycles. The van der Waals surface area contributed by atoms with Crippen LogP contribution in [0.1, 0.15) is 25.0 Å². The van der Waals surface area contributed by atoms with Gasteiger partial charge in [-0.3, -0.25) is 4.79 Å². The molecule has 3 rings (SSSR count). The smallest absolute Gasteiger partial charge is 0.227 e. The number of amides is 1. The van der Waals surface area contributed by atoms with Gasteiger partial charge in [0, 0.05) is 17.2 Å². The predicted molar refractivity (Wildman–Crippen MR) is 92.4 cm³/mol. The number of benzene rings is 2. The largest absolute Gasteiger partial charge is 0.436 e. The van der Waals surface area contributed by atoms with Crippen LogP contribution in [0.2, 0.25) is 0 Å². The summed E-state index contributed by atoms with van der Waals surface area (Å²) in [7, 11) is 0. The van der Waals surface area contributed by atoms with E-state index < -0.39 is 0 Å². The summed E-state index contributed by atoms with van der Waals surface area (Å²) < 4.78 is 5.86. The van der Waals surface area contributed by atoms with Crippen LogP contribution in [0.3, 0.4) is 0 Å². The maximum atomic E-state index is 11.8. The van der Waals surface area contributed by atoms with E-state index in [0.717, 1.165) is 22.3 Å². The van der Waals surface area contributed by atoms with E-state index in [0.29, 0.717) is 11.5 Å². The average Bonchev–Trinajstić information content (AvgIpc) is 2.89. The summed E-state index contributed by atoms with van der Waals surface area (Å²) >= 11 is 0. The van der Waals surface area contributed by atoms with Gasteiger partial charge in [-0.25, -0.2) is 4.98 Å². The molecule has 118 valence electrons. The number of fused-ring (bicyclic) bond motifs is 1. The van der Waals surface area contributed by atoms with Crippen LogP contribution in [-0.2, 0) is 4.79 Å². The van der Waals surface area contributed by atoms with Gasteiger partial charge in [-0.05, 0) is 43.7 Å². The lowest BCUT2D eigenvalue weighted by Crippen LogP contribution is -2.17. The second kappa shape index (κ2) is 5.88. The quantitative estimate of drug-likeness (QED) is 0.762. The first kappa shape index (κ1) is 15.3. The van der Waals surface area contributed by atoms with Crippen LogP contribution < -0.4 is 5.32 Å². The van der Waals surface area contributed by atoms with Gasteiger partial charge in [-0.1, -0.05) is 31.5 Å². The van der Waals surface area contributed by atoms with Gasteiger partial charge in [0.2, 0.25) is 11.8 Å². The first-order valence-corrected chi connectivity index (χ1v) is 7.73. The summed E-state index contributed by atoms with van der Waals surface area (Å²) in [5, 5.41) is 2.88. The highest BCUT2D eigenvalue weighted by molar-refractivity contribution is 5.94. The monoisotopic (exact) mass is 308 g/mol. The Kier molecular flexibility index (Phi) is 3.90. The fourth-order valence-electron chi connectivity index (χ4n) is 2.46. The van der Waals surface area contributed by atoms with Crippen molar-refractivity contribution in [3.8, 4) is 11.5 Å². The summed E-state index contributed by atoms with van der Waals surface area (Å²) in [4.78, 5) is 16.4. The number of anilines is 1. The number of aryl methyl sites for hydroxylation is 2. The minimum atomic E-state index is -0.0613. The van der Waals surface area contributed by atoms with Gasteiger partial charge < -0.3 is 9.73 Å². The van der Waals surface area contributed by atoms with Crippen LogP contribution in [0.4, 0.5) is 5.69 Å². The topological polar surface area (TPSA) is 55.1 Å². The zero-order valence-corrected chi connectivity index (χ0v) is 13.8. The van der Waals surface area contributed by atoms with Crippen molar-refractivity contribution in [1.29, 1.82) is 0 Å². The minimum Gasteiger partial charge on any atom is -0.436 e. The highest BCUT2D eigenvalue weighted by atomic mass is 16.3. The SMILES string of the molecule is Cc1ccc(-c2nc3cc(NC(=O)C(C)C)ccc3o2)c(C)c1. The van der Waals surface area contributed by atoms with Gasteiger partial charge in [0.1, 0.15) is 5.52 Å². The Morgan fingerprint density at radius 2 is 1.91 bits per heavy atom. The number of oxazole rings is 1. The molecule has 0 unspecified atom stereocenters. The zero-order valence-electron chi connectivity index (χ0n) is 13.8. The Balaban J connectivity index is 1.97. The molecule has 0 aliphatic rings. The molecule has 1 heterocycles. The predicted octanol–water partition coefficient (Wildman–Crippen LogP) is 4.71. The lowest BCUT2D eigenvalue weighted by atomic mass is 10.1. The summed E-state index contributed by atoms with van der Waals surface area (Å²) in [5.74, 6) is 0.529. The first-order chi connectivity index (χ1) is 10.9. The summed E-state index contributed by atoms with van der Waals surface area (Å²) in [6.45, 7) is 7.84. The molecule has 0 atom stereocenters. The Morgan fingerprint density at radius 3 is 2.61 bits per heavy atom. The molecular formula is C19H20N2O2. The molecule has 0 spiro atoms. The normalized spacial score (nSPS) is 11.2. The van der Waals surface area contributed by atoms with Crippen molar-refractivity contribution in [1.82, 2.24) is 4.98 Å². The van der Waals surface area contributed by atoms with Gasteiger partial charge in [-0.15, -0.1) is 0 Å². The number of carbonyl (C=O) groups excluding carboxylic acids is 1. The van der Waals surface area contributed by atoms with Gasteiger partial charge in [0.15, 0.2) is 5.58 Å². The number of hydrogen-bond acceptors (Lipinski definition) is 3. The van der Waals surface area contributed by atoms with Crippen molar-refractivity contribution in [2.75, 3.05) is 5.32 Å². The third kappa shape index (κ3) is 3.11. The Bertz CT molecular complexity index is 878. The fraction of sp³-hybridized carbons (Fsp3) is 0.263. The Labute approximate surface area is 135 Å². The molecule has 2 aromatic carbocycles. The molecule has 23 heavy (non-hydrogen) atoms. The number of carbonyl (C=O) groups is 1. The number of aromatic nitrogens is 1. The highest BCUT2D eigenvalue weighted by Gasteiger charge is 2.12. The van der Waals surface area contributed by atoms with Gasteiger partial charge in [-0.2, -0.15) is 0 Å². The number of nitrogens with one attached hydrogen (secondary N) is 1. The molecule has 1 N–H and O–H groups in total. The molecule has 0 bridgehead atoms. The first-order valence-electron chi connectivity index (χ1n) is 7.73. The van der Waals surface area contributed by atoms with Crippen LogP contribution in [0, 0.1) is 19.8 Å². The maximum Gasteiger partial charge on any atom is 0.227 e. The van der Waals surface area contributed by atoms with E-state index in [2.05, 4.69) is 23.3 Å². The second-order valence-corrected chi connectivity index (χ2v) is 6.16. The molecule has 0 fully saturated rings. The van der Waals surface area contributed by atoms with E-state index >= 15 is 0 Å². The van der Waals surface area contributed by atoms with Crippen LogP contribution in [0.5, 0.6) is 0 Å². The molecular weight excluding hydrogens is 288 g/mol. The van der Waals surface area contributed by atoms with Gasteiger partial charge >= 0.3 is 0 Å². The second-order valence-electron chi connectivity index (χ2n) is 6.16. The lowest BCUT2D eigenvalue weighted by Gasteiger charge is -2.06. The number of hydrogen-bond donors (Lipinski definition) is 1. The fourth-order valence-corrected chi connectivity index (χ4v) is 2.46. The number of nitrogens with zero attached hydrogens (tertiary/aromatic N) is 1. The molecule has 0 aliphatic carbocycles. The van der Waals surface area contributed by atoms with E-state index in [9.17, 15) is 4.79 Å². The zero-order chi connectivity index (χ0) is 16.6. The molecule has 4 heteroatoms. The lowest BCUT2D eigenvalue weighted by molar-refractivity contribution is -0.118. The molecule has 4 nitrogen and oxygen atoms in total. The van der Waals surface area contributed by atoms with Crippen LogP contribution in [0.15, 0.2) is 40.8 Å². The van der Waals surface area contributed by atoms with Crippen molar-refractivity contribution in [3.63, 3.8) is 0 Å². The maximum absolute atomic E-state index is 11.8. The molecule has 0 radical (unpaired) electrons. The van der Waals surface area contributed by atoms with Gasteiger partial charge in [0.25, 0.3) is 0 Å². The minimum absolute atomic E-state index is 0.0116. The standard InChI is InChI=1S/C19H20N2O2/c1-11(2)18(22)20-14-6-8-17-16(10-14)21-19(23-17)15-7-5-12(3)9-13(15)4/h5-11H,1-4H3,(H,20,22). The molecule has 0 saturated carbocycles. The van der Waals surface area contributed by atoms with Crippen molar-refractivity contribution in [2.45, 2.75) is 27.7 Å². The van der Waals surface area contributed by atoms with E-state index in [1.54, 1.807) is 0 Å². The molecule has 3 aromatic rings. The summed E-state index contributed by atoms with van der Waals surface area (Å²) in [6, 6.07) is 11.7. The Morgan fingerprint density at radius 1 is 1.13 bits per heavy atom. The van der Waals surface area contributed by atoms with E-state index in [1.807, 2.05) is 51.1 Å². The third-order valence-electron chi connectivity index (χ3n) is 3.79. The van der Waals surface area contributed by atoms with Crippen LogP contribution in [-0.4, -0.2) is 10.9 Å². The Hall–Kier alpha value is -2.62. The van der Waals surface area contributed by atoms with E-state index in [1.165, 1.54) is 5.56 Å². The summed E-state index contributed by atoms with van der Waals surface area (Å²) in [6.07, 6.45) is 0.